The van der Waals surface area contributed by atoms with Crippen LogP contribution in [0.3, 0.4) is 0 Å². The molecule has 0 aromatic carbocycles. The van der Waals surface area contributed by atoms with Crippen molar-refractivity contribution in [1.29, 1.82) is 0 Å². The first-order valence-electron chi connectivity index (χ1n) is 5.82. The molecular weight excluding hydrogens is 249 g/mol. The van der Waals surface area contributed by atoms with Crippen molar-refractivity contribution < 1.29 is 9.18 Å². The summed E-state index contributed by atoms with van der Waals surface area (Å²) in [6.45, 7) is 1.21. The van der Waals surface area contributed by atoms with E-state index in [-0.39, 0.29) is 11.4 Å². The van der Waals surface area contributed by atoms with E-state index in [1.807, 2.05) is 10.8 Å². The van der Waals surface area contributed by atoms with Gasteiger partial charge in [0.25, 0.3) is 5.91 Å². The molecule has 2 rings (SSSR count). The number of anilines is 1. The van der Waals surface area contributed by atoms with E-state index in [0.29, 0.717) is 6.54 Å². The number of halogens is 1. The lowest BCUT2D eigenvalue weighted by atomic mass is 10.2. The predicted octanol–water partition coefficient (Wildman–Crippen LogP) is 0.819. The molecule has 100 valence electrons. The van der Waals surface area contributed by atoms with Gasteiger partial charge in [0, 0.05) is 25.5 Å². The van der Waals surface area contributed by atoms with Gasteiger partial charge >= 0.3 is 0 Å². The molecule has 0 aliphatic rings. The Bertz CT molecular complexity index is 555. The zero-order valence-corrected chi connectivity index (χ0v) is 10.2. The van der Waals surface area contributed by atoms with Crippen molar-refractivity contribution >= 4 is 11.7 Å². The number of imidazole rings is 1. The third-order valence-corrected chi connectivity index (χ3v) is 2.57. The molecule has 0 saturated carbocycles. The van der Waals surface area contributed by atoms with Gasteiger partial charge in [0.15, 0.2) is 0 Å². The fraction of sp³-hybridized carbons (Fsp3) is 0.250. The van der Waals surface area contributed by atoms with Gasteiger partial charge in [-0.3, -0.25) is 4.79 Å². The average Bonchev–Trinajstić information content (AvgIpc) is 2.90. The summed E-state index contributed by atoms with van der Waals surface area (Å²) >= 11 is 0. The van der Waals surface area contributed by atoms with Crippen LogP contribution in [0.2, 0.25) is 0 Å². The second-order valence-corrected chi connectivity index (χ2v) is 4.00. The molecule has 0 bridgehead atoms. The Labute approximate surface area is 109 Å². The molecule has 0 fully saturated rings. The number of amides is 1. The van der Waals surface area contributed by atoms with Crippen LogP contribution in [0.4, 0.5) is 10.2 Å². The van der Waals surface area contributed by atoms with Crippen LogP contribution >= 0.6 is 0 Å². The first-order valence-corrected chi connectivity index (χ1v) is 5.82. The molecule has 2 aromatic heterocycles. The van der Waals surface area contributed by atoms with E-state index in [0.717, 1.165) is 25.2 Å². The minimum absolute atomic E-state index is 0.0218. The first-order chi connectivity index (χ1) is 9.16. The number of pyridine rings is 1. The predicted molar refractivity (Wildman–Crippen MR) is 67.8 cm³/mol. The molecule has 0 atom stereocenters. The van der Waals surface area contributed by atoms with Crippen molar-refractivity contribution in [2.45, 2.75) is 13.0 Å². The Morgan fingerprint density at radius 1 is 1.53 bits per heavy atom. The van der Waals surface area contributed by atoms with Crippen molar-refractivity contribution in [2.24, 2.45) is 0 Å². The maximum absolute atomic E-state index is 13.0. The van der Waals surface area contributed by atoms with Crippen LogP contribution in [-0.4, -0.2) is 27.0 Å². The fourth-order valence-electron chi connectivity index (χ4n) is 1.61. The lowest BCUT2D eigenvalue weighted by Crippen LogP contribution is -2.26. The van der Waals surface area contributed by atoms with Crippen molar-refractivity contribution in [3.63, 3.8) is 0 Å². The molecule has 1 amide bonds. The van der Waals surface area contributed by atoms with Gasteiger partial charge in [0.1, 0.15) is 11.6 Å². The molecule has 6 nitrogen and oxygen atoms in total. The number of carbonyl (C=O) groups excluding carboxylic acids is 1. The molecule has 0 radical (unpaired) electrons. The number of aromatic nitrogens is 3. The summed E-state index contributed by atoms with van der Waals surface area (Å²) in [5.74, 6) is -0.985. The number of hydrogen-bond acceptors (Lipinski definition) is 4. The van der Waals surface area contributed by atoms with Crippen molar-refractivity contribution in [1.82, 2.24) is 19.9 Å². The van der Waals surface area contributed by atoms with E-state index in [2.05, 4.69) is 15.3 Å². The van der Waals surface area contributed by atoms with E-state index in [1.54, 1.807) is 12.5 Å². The van der Waals surface area contributed by atoms with Crippen LogP contribution in [-0.2, 0) is 6.54 Å². The van der Waals surface area contributed by atoms with Gasteiger partial charge in [-0.1, -0.05) is 0 Å². The van der Waals surface area contributed by atoms with Crippen LogP contribution in [0, 0.1) is 5.82 Å². The average molecular weight is 263 g/mol. The summed E-state index contributed by atoms with van der Waals surface area (Å²) in [5.41, 5.74) is 5.58. The molecule has 0 spiro atoms. The normalized spacial score (nSPS) is 10.4. The van der Waals surface area contributed by atoms with E-state index in [4.69, 9.17) is 5.73 Å². The molecular formula is C12H14FN5O. The van der Waals surface area contributed by atoms with Crippen LogP contribution in [0.25, 0.3) is 0 Å². The first kappa shape index (κ1) is 13.0. The second-order valence-electron chi connectivity index (χ2n) is 4.00. The SMILES string of the molecule is Nc1ncc(F)cc1C(=O)NCCCn1ccnc1. The van der Waals surface area contributed by atoms with E-state index >= 15 is 0 Å². The lowest BCUT2D eigenvalue weighted by molar-refractivity contribution is 0.0953. The summed E-state index contributed by atoms with van der Waals surface area (Å²) in [5, 5.41) is 2.67. The van der Waals surface area contributed by atoms with Crippen LogP contribution in [0.15, 0.2) is 31.0 Å². The Balaban J connectivity index is 1.82. The monoisotopic (exact) mass is 263 g/mol. The van der Waals surface area contributed by atoms with Gasteiger partial charge in [0.05, 0.1) is 18.1 Å². The summed E-state index contributed by atoms with van der Waals surface area (Å²) in [7, 11) is 0. The Kier molecular flexibility index (Phi) is 4.07. The molecule has 2 aromatic rings. The third kappa shape index (κ3) is 3.51. The van der Waals surface area contributed by atoms with Gasteiger partial charge in [-0.15, -0.1) is 0 Å². The summed E-state index contributed by atoms with van der Waals surface area (Å²) in [6.07, 6.45) is 6.96. The van der Waals surface area contributed by atoms with Gasteiger partial charge in [-0.25, -0.2) is 14.4 Å². The van der Waals surface area contributed by atoms with Crippen molar-refractivity contribution in [3.8, 4) is 0 Å². The fourth-order valence-corrected chi connectivity index (χ4v) is 1.61. The highest BCUT2D eigenvalue weighted by molar-refractivity contribution is 5.98. The molecule has 0 saturated heterocycles. The molecule has 0 unspecified atom stereocenters. The summed E-state index contributed by atoms with van der Waals surface area (Å²) in [4.78, 5) is 19.3. The summed E-state index contributed by atoms with van der Waals surface area (Å²) < 4.78 is 14.9. The third-order valence-electron chi connectivity index (χ3n) is 2.57. The van der Waals surface area contributed by atoms with Crippen molar-refractivity contribution in [2.75, 3.05) is 12.3 Å². The molecule has 3 N–H and O–H groups in total. The largest absolute Gasteiger partial charge is 0.383 e. The van der Waals surface area contributed by atoms with Crippen molar-refractivity contribution in [3.05, 3.63) is 42.4 Å². The second kappa shape index (κ2) is 5.94. The topological polar surface area (TPSA) is 85.8 Å². The van der Waals surface area contributed by atoms with Gasteiger partial charge < -0.3 is 15.6 Å². The van der Waals surface area contributed by atoms with E-state index in [9.17, 15) is 9.18 Å². The highest BCUT2D eigenvalue weighted by Crippen LogP contribution is 2.09. The number of carbonyl (C=O) groups is 1. The van der Waals surface area contributed by atoms with Crippen LogP contribution in [0.5, 0.6) is 0 Å². The minimum Gasteiger partial charge on any atom is -0.383 e. The minimum atomic E-state index is -0.585. The quantitative estimate of drug-likeness (QED) is 0.782. The molecule has 19 heavy (non-hydrogen) atoms. The number of aryl methyl sites for hydroxylation is 1. The standard InChI is InChI=1S/C12H14FN5O/c13-9-6-10(11(14)17-7-9)12(19)16-2-1-4-18-5-3-15-8-18/h3,5-8H,1-2,4H2,(H2,14,17)(H,16,19). The van der Waals surface area contributed by atoms with Crippen LogP contribution < -0.4 is 11.1 Å². The van der Waals surface area contributed by atoms with Crippen LogP contribution in [0.1, 0.15) is 16.8 Å². The maximum Gasteiger partial charge on any atom is 0.255 e. The van der Waals surface area contributed by atoms with Gasteiger partial charge in [-0.2, -0.15) is 0 Å². The Morgan fingerprint density at radius 2 is 2.37 bits per heavy atom. The zero-order valence-electron chi connectivity index (χ0n) is 10.2. The smallest absolute Gasteiger partial charge is 0.255 e. The Hall–Kier alpha value is -2.44. The zero-order chi connectivity index (χ0) is 13.7. The Morgan fingerprint density at radius 3 is 3.11 bits per heavy atom. The molecule has 7 heteroatoms. The summed E-state index contributed by atoms with van der Waals surface area (Å²) in [6, 6.07) is 1.08. The number of nitrogens with two attached hydrogens (primary N) is 1. The number of nitrogen functional groups attached to an aromatic ring is 1. The number of rotatable bonds is 5. The molecule has 0 aliphatic carbocycles. The number of hydrogen-bond donors (Lipinski definition) is 2. The molecule has 0 aliphatic heterocycles. The number of nitrogens with zero attached hydrogens (tertiary/aromatic N) is 3. The van der Waals surface area contributed by atoms with E-state index in [1.165, 1.54) is 0 Å². The van der Waals surface area contributed by atoms with Gasteiger partial charge in [-0.05, 0) is 12.5 Å². The lowest BCUT2D eigenvalue weighted by Gasteiger charge is -2.07. The van der Waals surface area contributed by atoms with Gasteiger partial charge in [0.2, 0.25) is 0 Å². The van der Waals surface area contributed by atoms with E-state index < -0.39 is 11.7 Å². The highest BCUT2D eigenvalue weighted by Gasteiger charge is 2.11. The molecule has 2 heterocycles. The highest BCUT2D eigenvalue weighted by atomic mass is 19.1. The number of nitrogens with one attached hydrogen (secondary N) is 1. The maximum atomic E-state index is 13.0.